The molecule has 6 nitrogen and oxygen atoms in total. The van der Waals surface area contributed by atoms with Crippen LogP contribution < -0.4 is 10.6 Å². The topological polar surface area (TPSA) is 84.0 Å². The van der Waals surface area contributed by atoms with Crippen LogP contribution in [0.5, 0.6) is 0 Å². The fourth-order valence-electron chi connectivity index (χ4n) is 3.66. The molecule has 0 spiro atoms. The van der Waals surface area contributed by atoms with Gasteiger partial charge < -0.3 is 5.32 Å². The van der Waals surface area contributed by atoms with E-state index in [9.17, 15) is 9.59 Å². The zero-order valence-corrected chi connectivity index (χ0v) is 17.5. The minimum absolute atomic E-state index is 0.0949. The van der Waals surface area contributed by atoms with Crippen LogP contribution in [0.3, 0.4) is 0 Å². The number of nitrogens with zero attached hydrogens (tertiary/aromatic N) is 2. The van der Waals surface area contributed by atoms with Crippen LogP contribution in [0.25, 0.3) is 0 Å². The van der Waals surface area contributed by atoms with E-state index < -0.39 is 0 Å². The van der Waals surface area contributed by atoms with Crippen molar-refractivity contribution in [1.82, 2.24) is 10.2 Å². The lowest BCUT2D eigenvalue weighted by Gasteiger charge is -2.18. The Morgan fingerprint density at radius 2 is 1.63 bits per heavy atom. The van der Waals surface area contributed by atoms with Gasteiger partial charge in [0.2, 0.25) is 11.0 Å². The Labute approximate surface area is 179 Å². The van der Waals surface area contributed by atoms with Gasteiger partial charge in [-0.05, 0) is 42.7 Å². The lowest BCUT2D eigenvalue weighted by Crippen LogP contribution is -2.15. The minimum Gasteiger partial charge on any atom is -0.326 e. The number of hydrogen-bond donors (Lipinski definition) is 2. The molecule has 0 unspecified atom stereocenters. The van der Waals surface area contributed by atoms with Gasteiger partial charge in [0.25, 0.3) is 5.91 Å². The molecule has 0 saturated heterocycles. The molecule has 2 N–H and O–H groups in total. The Bertz CT molecular complexity index is 996. The summed E-state index contributed by atoms with van der Waals surface area (Å²) in [6.07, 6.45) is 6.38. The quantitative estimate of drug-likeness (QED) is 0.586. The molecule has 0 atom stereocenters. The van der Waals surface area contributed by atoms with Crippen molar-refractivity contribution in [3.8, 4) is 0 Å². The minimum atomic E-state index is -0.233. The SMILES string of the molecule is O=C(Cc1ccccc1)Nc1ccc(C(=O)Nc2nnc(C3CCCCC3)s2)cc1. The fraction of sp³-hybridized carbons (Fsp3) is 0.304. The standard InChI is InChI=1S/C23H24N4O2S/c28-20(15-16-7-3-1-4-8-16)24-19-13-11-17(12-14-19)21(29)25-23-27-26-22(30-23)18-9-5-2-6-10-18/h1,3-4,7-8,11-14,18H,2,5-6,9-10,15H2,(H,24,28)(H,25,27,29). The highest BCUT2D eigenvalue weighted by Gasteiger charge is 2.20. The summed E-state index contributed by atoms with van der Waals surface area (Å²) in [6, 6.07) is 16.4. The molecule has 1 aliphatic rings. The number of nitrogens with one attached hydrogen (secondary N) is 2. The predicted molar refractivity (Wildman–Crippen MR) is 119 cm³/mol. The highest BCUT2D eigenvalue weighted by molar-refractivity contribution is 7.15. The molecule has 0 radical (unpaired) electrons. The molecule has 30 heavy (non-hydrogen) atoms. The predicted octanol–water partition coefficient (Wildman–Crippen LogP) is 5.02. The van der Waals surface area contributed by atoms with Gasteiger partial charge in [0.05, 0.1) is 6.42 Å². The smallest absolute Gasteiger partial charge is 0.257 e. The molecular weight excluding hydrogens is 396 g/mol. The second-order valence-electron chi connectivity index (χ2n) is 7.52. The number of anilines is 2. The van der Waals surface area contributed by atoms with Crippen molar-refractivity contribution < 1.29 is 9.59 Å². The van der Waals surface area contributed by atoms with Crippen molar-refractivity contribution in [1.29, 1.82) is 0 Å². The van der Waals surface area contributed by atoms with Crippen molar-refractivity contribution in [3.63, 3.8) is 0 Å². The van der Waals surface area contributed by atoms with Crippen molar-refractivity contribution in [2.45, 2.75) is 44.4 Å². The summed E-state index contributed by atoms with van der Waals surface area (Å²) in [7, 11) is 0. The van der Waals surface area contributed by atoms with Crippen molar-refractivity contribution >= 4 is 34.0 Å². The van der Waals surface area contributed by atoms with Gasteiger partial charge in [-0.1, -0.05) is 60.9 Å². The lowest BCUT2D eigenvalue weighted by molar-refractivity contribution is -0.115. The zero-order chi connectivity index (χ0) is 20.8. The summed E-state index contributed by atoms with van der Waals surface area (Å²) in [6.45, 7) is 0. The van der Waals surface area contributed by atoms with Crippen LogP contribution in [-0.2, 0) is 11.2 Å². The molecular formula is C23H24N4O2S. The van der Waals surface area contributed by atoms with Gasteiger partial charge in [0.15, 0.2) is 0 Å². The van der Waals surface area contributed by atoms with Gasteiger partial charge in [-0.15, -0.1) is 10.2 Å². The van der Waals surface area contributed by atoms with Gasteiger partial charge >= 0.3 is 0 Å². The van der Waals surface area contributed by atoms with Crippen molar-refractivity contribution in [3.05, 3.63) is 70.7 Å². The Hall–Kier alpha value is -3.06. The van der Waals surface area contributed by atoms with E-state index in [1.807, 2.05) is 30.3 Å². The third-order valence-corrected chi connectivity index (χ3v) is 6.26. The van der Waals surface area contributed by atoms with E-state index in [0.717, 1.165) is 23.4 Å². The highest BCUT2D eigenvalue weighted by atomic mass is 32.1. The third kappa shape index (κ3) is 5.30. The second kappa shape index (κ2) is 9.63. The van der Waals surface area contributed by atoms with Crippen LogP contribution >= 0.6 is 11.3 Å². The van der Waals surface area contributed by atoms with E-state index in [-0.39, 0.29) is 11.8 Å². The number of carbonyl (C=O) groups is 2. The first kappa shape index (κ1) is 20.2. The Balaban J connectivity index is 1.31. The molecule has 3 aromatic rings. The summed E-state index contributed by atoms with van der Waals surface area (Å²) in [4.78, 5) is 24.7. The number of aromatic nitrogens is 2. The molecule has 1 heterocycles. The first-order chi connectivity index (χ1) is 14.7. The number of rotatable bonds is 6. The van der Waals surface area contributed by atoms with Crippen LogP contribution in [0.4, 0.5) is 10.8 Å². The van der Waals surface area contributed by atoms with E-state index in [2.05, 4.69) is 20.8 Å². The molecule has 7 heteroatoms. The summed E-state index contributed by atoms with van der Waals surface area (Å²) in [5.41, 5.74) is 2.11. The molecule has 4 rings (SSSR count). The summed E-state index contributed by atoms with van der Waals surface area (Å²) < 4.78 is 0. The Morgan fingerprint density at radius 3 is 2.37 bits per heavy atom. The molecule has 1 saturated carbocycles. The maximum Gasteiger partial charge on any atom is 0.257 e. The van der Waals surface area contributed by atoms with Crippen molar-refractivity contribution in [2.75, 3.05) is 10.6 Å². The van der Waals surface area contributed by atoms with Crippen LogP contribution in [0.15, 0.2) is 54.6 Å². The molecule has 2 amide bonds. The van der Waals surface area contributed by atoms with Crippen LogP contribution in [0.1, 0.15) is 59.0 Å². The zero-order valence-electron chi connectivity index (χ0n) is 16.6. The fourth-order valence-corrected chi connectivity index (χ4v) is 4.57. The van der Waals surface area contributed by atoms with Crippen LogP contribution in [0.2, 0.25) is 0 Å². The van der Waals surface area contributed by atoms with E-state index in [4.69, 9.17) is 0 Å². The molecule has 0 bridgehead atoms. The second-order valence-corrected chi connectivity index (χ2v) is 8.53. The summed E-state index contributed by atoms with van der Waals surface area (Å²) >= 11 is 1.46. The summed E-state index contributed by atoms with van der Waals surface area (Å²) in [5, 5.41) is 15.6. The molecule has 0 aliphatic heterocycles. The monoisotopic (exact) mass is 420 g/mol. The maximum absolute atomic E-state index is 12.5. The average Bonchev–Trinajstić information content (AvgIpc) is 3.24. The molecule has 2 aromatic carbocycles. The number of benzene rings is 2. The number of carbonyl (C=O) groups excluding carboxylic acids is 2. The molecule has 1 fully saturated rings. The van der Waals surface area contributed by atoms with E-state index >= 15 is 0 Å². The molecule has 1 aliphatic carbocycles. The van der Waals surface area contributed by atoms with Gasteiger partial charge in [-0.2, -0.15) is 0 Å². The number of amides is 2. The molecule has 1 aromatic heterocycles. The van der Waals surface area contributed by atoms with Crippen LogP contribution in [-0.4, -0.2) is 22.0 Å². The van der Waals surface area contributed by atoms with E-state index in [1.54, 1.807) is 24.3 Å². The van der Waals surface area contributed by atoms with Gasteiger partial charge in [-0.3, -0.25) is 14.9 Å². The lowest BCUT2D eigenvalue weighted by atomic mass is 9.90. The summed E-state index contributed by atoms with van der Waals surface area (Å²) in [5.74, 6) is 0.145. The Morgan fingerprint density at radius 1 is 0.900 bits per heavy atom. The van der Waals surface area contributed by atoms with E-state index in [1.165, 1.54) is 30.6 Å². The van der Waals surface area contributed by atoms with E-state index in [0.29, 0.717) is 28.7 Å². The molecule has 154 valence electrons. The number of hydrogen-bond acceptors (Lipinski definition) is 5. The van der Waals surface area contributed by atoms with Crippen LogP contribution in [0, 0.1) is 0 Å². The van der Waals surface area contributed by atoms with Crippen molar-refractivity contribution in [2.24, 2.45) is 0 Å². The highest BCUT2D eigenvalue weighted by Crippen LogP contribution is 2.35. The first-order valence-electron chi connectivity index (χ1n) is 10.3. The third-order valence-electron chi connectivity index (χ3n) is 5.25. The first-order valence-corrected chi connectivity index (χ1v) is 11.1. The maximum atomic E-state index is 12.5. The van der Waals surface area contributed by atoms with Gasteiger partial charge in [0.1, 0.15) is 5.01 Å². The normalized spacial score (nSPS) is 14.3. The van der Waals surface area contributed by atoms with Gasteiger partial charge in [0, 0.05) is 17.2 Å². The largest absolute Gasteiger partial charge is 0.326 e. The van der Waals surface area contributed by atoms with Gasteiger partial charge in [-0.25, -0.2) is 0 Å². The Kier molecular flexibility index (Phi) is 6.49. The average molecular weight is 421 g/mol.